The van der Waals surface area contributed by atoms with Crippen LogP contribution in [0.3, 0.4) is 0 Å². The minimum Gasteiger partial charge on any atom is -0.488 e. The van der Waals surface area contributed by atoms with Crippen LogP contribution >= 0.6 is 0 Å². The molecule has 55 heavy (non-hydrogen) atoms. The van der Waals surface area contributed by atoms with Crippen LogP contribution in [0.4, 0.5) is 22.7 Å². The van der Waals surface area contributed by atoms with Crippen LogP contribution in [0.1, 0.15) is 22.3 Å². The van der Waals surface area contributed by atoms with Crippen molar-refractivity contribution in [2.45, 2.75) is 0 Å². The topological polar surface area (TPSA) is 37.2 Å². The Hall–Kier alpha value is -6.55. The SMILES string of the molecule is [Pt].[c-]1c(/C(=C(\c2ccccc2)c2cccnc2)c2[c-]c3c(cc2)c2ccccc2n3-c2ccccn2)cccc1N1[CH-]N(c2ccccc2)c2ccccc21. The van der Waals surface area contributed by atoms with Gasteiger partial charge in [-0.15, -0.1) is 65.8 Å². The number of fused-ring (bicyclic) bond motifs is 4. The van der Waals surface area contributed by atoms with Gasteiger partial charge in [0, 0.05) is 62.2 Å². The molecule has 3 aromatic heterocycles. The average molecular weight is 886 g/mol. The summed E-state index contributed by atoms with van der Waals surface area (Å²) >= 11 is 0. The predicted octanol–water partition coefficient (Wildman–Crippen LogP) is 11.6. The second kappa shape index (κ2) is 14.7. The fourth-order valence-corrected chi connectivity index (χ4v) is 7.59. The van der Waals surface area contributed by atoms with E-state index in [9.17, 15) is 0 Å². The van der Waals surface area contributed by atoms with E-state index in [-0.39, 0.29) is 21.1 Å². The maximum atomic E-state index is 4.79. The first-order chi connectivity index (χ1) is 26.8. The fourth-order valence-electron chi connectivity index (χ4n) is 7.59. The van der Waals surface area contributed by atoms with E-state index >= 15 is 0 Å². The molecule has 0 saturated heterocycles. The van der Waals surface area contributed by atoms with Gasteiger partial charge in [-0.05, 0) is 76.1 Å². The molecule has 6 aromatic carbocycles. The zero-order valence-corrected chi connectivity index (χ0v) is 31.8. The van der Waals surface area contributed by atoms with Gasteiger partial charge in [0.05, 0.1) is 0 Å². The van der Waals surface area contributed by atoms with E-state index in [1.165, 1.54) is 0 Å². The first kappa shape index (κ1) is 34.2. The second-order valence-corrected chi connectivity index (χ2v) is 13.2. The molecule has 0 N–H and O–H groups in total. The molecule has 266 valence electrons. The van der Waals surface area contributed by atoms with E-state index < -0.39 is 0 Å². The molecular weight excluding hydrogens is 854 g/mol. The van der Waals surface area contributed by atoms with Gasteiger partial charge in [0.2, 0.25) is 0 Å². The standard InChI is InChI=1S/C49H32N5.Pt/c1-3-15-35(16-4-1)48(38-18-14-29-50-33-38)49(37-27-28-42-41-22-7-8-23-43(41)54(46(42)32-37)47-26-11-12-30-51-47)36-17-13-21-40(31-36)53-34-52(39-19-5-2-6-20-39)44-24-9-10-25-45(44)53;/h1-30,33-34H;/q-3;/b49-48-;. The summed E-state index contributed by atoms with van der Waals surface area (Å²) in [6.07, 6.45) is 5.60. The van der Waals surface area contributed by atoms with Gasteiger partial charge in [-0.1, -0.05) is 102 Å². The van der Waals surface area contributed by atoms with Gasteiger partial charge in [0.1, 0.15) is 5.82 Å². The zero-order valence-electron chi connectivity index (χ0n) is 29.5. The van der Waals surface area contributed by atoms with Crippen molar-refractivity contribution in [2.24, 2.45) is 0 Å². The quantitative estimate of drug-likeness (QED) is 0.118. The van der Waals surface area contributed by atoms with Gasteiger partial charge in [0.25, 0.3) is 0 Å². The monoisotopic (exact) mass is 885 g/mol. The van der Waals surface area contributed by atoms with Crippen LogP contribution in [0.2, 0.25) is 0 Å². The number of aromatic nitrogens is 3. The number of anilines is 4. The Kier molecular flexibility index (Phi) is 9.15. The number of rotatable bonds is 7. The fraction of sp³-hybridized carbons (Fsp3) is 0. The Morgan fingerprint density at radius 2 is 1.22 bits per heavy atom. The molecule has 0 amide bonds. The summed E-state index contributed by atoms with van der Waals surface area (Å²) < 4.78 is 2.21. The molecule has 9 aromatic rings. The molecule has 5 nitrogen and oxygen atoms in total. The van der Waals surface area contributed by atoms with Crippen LogP contribution in [0.5, 0.6) is 0 Å². The Balaban J connectivity index is 0.00000397. The second-order valence-electron chi connectivity index (χ2n) is 13.2. The van der Waals surface area contributed by atoms with Gasteiger partial charge in [-0.2, -0.15) is 0 Å². The van der Waals surface area contributed by atoms with Crippen molar-refractivity contribution in [3.8, 4) is 5.82 Å². The van der Waals surface area contributed by atoms with Gasteiger partial charge >= 0.3 is 0 Å². The maximum Gasteiger partial charge on any atom is 0.136 e. The molecule has 6 heteroatoms. The van der Waals surface area contributed by atoms with Gasteiger partial charge in [0.15, 0.2) is 0 Å². The summed E-state index contributed by atoms with van der Waals surface area (Å²) in [5.74, 6) is 0.845. The molecule has 1 aliphatic rings. The molecule has 4 heterocycles. The van der Waals surface area contributed by atoms with Crippen molar-refractivity contribution >= 4 is 55.7 Å². The summed E-state index contributed by atoms with van der Waals surface area (Å²) in [5, 5.41) is 2.27. The molecule has 0 atom stereocenters. The molecule has 0 bridgehead atoms. The molecule has 1 aliphatic heterocycles. The zero-order chi connectivity index (χ0) is 35.8. The molecule has 0 unspecified atom stereocenters. The maximum absolute atomic E-state index is 4.79. The van der Waals surface area contributed by atoms with Gasteiger partial charge < -0.3 is 14.4 Å². The largest absolute Gasteiger partial charge is 0.488 e. The van der Waals surface area contributed by atoms with Crippen LogP contribution in [0.15, 0.2) is 188 Å². The Morgan fingerprint density at radius 1 is 0.509 bits per heavy atom. The number of benzene rings is 6. The molecule has 0 radical (unpaired) electrons. The van der Waals surface area contributed by atoms with Crippen molar-refractivity contribution in [2.75, 3.05) is 9.80 Å². The minimum absolute atomic E-state index is 0. The van der Waals surface area contributed by atoms with E-state index in [0.717, 1.165) is 83.8 Å². The van der Waals surface area contributed by atoms with Gasteiger partial charge in [-0.25, -0.2) is 4.98 Å². The predicted molar refractivity (Wildman–Crippen MR) is 220 cm³/mol. The van der Waals surface area contributed by atoms with E-state index in [0.29, 0.717) is 0 Å². The van der Waals surface area contributed by atoms with Gasteiger partial charge in [-0.3, -0.25) is 4.98 Å². The average Bonchev–Trinajstić information content (AvgIpc) is 3.80. The Morgan fingerprint density at radius 3 is 2.00 bits per heavy atom. The summed E-state index contributed by atoms with van der Waals surface area (Å²) in [6, 6.07) is 66.8. The number of hydrogen-bond donors (Lipinski definition) is 0. The molecule has 0 spiro atoms. The van der Waals surface area contributed by atoms with Crippen molar-refractivity contribution in [3.05, 3.63) is 230 Å². The van der Waals surface area contributed by atoms with Crippen molar-refractivity contribution in [1.82, 2.24) is 14.5 Å². The smallest absolute Gasteiger partial charge is 0.136 e. The van der Waals surface area contributed by atoms with Crippen molar-refractivity contribution in [3.63, 3.8) is 0 Å². The number of nitrogens with zero attached hydrogens (tertiary/aromatic N) is 5. The van der Waals surface area contributed by atoms with E-state index in [1.807, 2.05) is 42.9 Å². The molecular formula is C49H32N5Pt-3. The van der Waals surface area contributed by atoms with Crippen molar-refractivity contribution < 1.29 is 21.1 Å². The summed E-state index contributed by atoms with van der Waals surface area (Å²) in [5.41, 5.74) is 12.3. The van der Waals surface area contributed by atoms with E-state index in [1.54, 1.807) is 0 Å². The molecule has 10 rings (SSSR count). The number of para-hydroxylation sites is 4. The summed E-state index contributed by atoms with van der Waals surface area (Å²) in [6.45, 7) is 2.15. The summed E-state index contributed by atoms with van der Waals surface area (Å²) in [4.78, 5) is 13.8. The molecule has 0 aliphatic carbocycles. The molecule has 0 fully saturated rings. The van der Waals surface area contributed by atoms with Crippen LogP contribution in [0.25, 0.3) is 38.8 Å². The minimum atomic E-state index is 0. The first-order valence-electron chi connectivity index (χ1n) is 18.0. The van der Waals surface area contributed by atoms with E-state index in [2.05, 4.69) is 184 Å². The third kappa shape index (κ3) is 6.13. The van der Waals surface area contributed by atoms with Crippen LogP contribution in [-0.4, -0.2) is 14.5 Å². The first-order valence-corrected chi connectivity index (χ1v) is 18.0. The third-order valence-electron chi connectivity index (χ3n) is 9.97. The van der Waals surface area contributed by atoms with Crippen LogP contribution in [0, 0.1) is 18.8 Å². The number of pyridine rings is 2. The molecule has 0 saturated carbocycles. The van der Waals surface area contributed by atoms with Crippen LogP contribution < -0.4 is 9.80 Å². The third-order valence-corrected chi connectivity index (χ3v) is 9.97. The summed E-state index contributed by atoms with van der Waals surface area (Å²) in [7, 11) is 0. The Labute approximate surface area is 334 Å². The van der Waals surface area contributed by atoms with E-state index in [4.69, 9.17) is 4.98 Å². The normalized spacial score (nSPS) is 12.7. The number of hydrogen-bond acceptors (Lipinski definition) is 4. The van der Waals surface area contributed by atoms with Crippen LogP contribution in [-0.2, 0) is 21.1 Å². The Bertz CT molecular complexity index is 2760. The van der Waals surface area contributed by atoms with Crippen molar-refractivity contribution in [1.29, 1.82) is 0 Å².